The fraction of sp³-hybridized carbons (Fsp3) is 0.625. The average Bonchev–Trinajstić information content (AvgIpc) is 3.14. The Labute approximate surface area is 130 Å². The Morgan fingerprint density at radius 2 is 2.24 bits per heavy atom. The predicted octanol–water partition coefficient (Wildman–Crippen LogP) is 3.65. The van der Waals surface area contributed by atoms with Gasteiger partial charge in [-0.25, -0.2) is 9.67 Å². The van der Waals surface area contributed by atoms with Gasteiger partial charge in [0.25, 0.3) is 0 Å². The average molecular weight is 304 g/mol. The number of fused-ring (bicyclic) bond motifs is 1. The van der Waals surface area contributed by atoms with E-state index in [4.69, 9.17) is 4.98 Å². The molecule has 0 unspecified atom stereocenters. The van der Waals surface area contributed by atoms with Crippen LogP contribution >= 0.6 is 11.3 Å². The van der Waals surface area contributed by atoms with E-state index in [1.54, 1.807) is 0 Å². The lowest BCUT2D eigenvalue weighted by molar-refractivity contribution is 0.345. The lowest BCUT2D eigenvalue weighted by atomic mass is 10.1. The van der Waals surface area contributed by atoms with Gasteiger partial charge in [-0.05, 0) is 38.3 Å². The molecule has 2 aromatic rings. The molecule has 114 valence electrons. The molecule has 5 heteroatoms. The minimum atomic E-state index is 0.328. The molecule has 0 fully saturated rings. The van der Waals surface area contributed by atoms with E-state index in [2.05, 4.69) is 48.0 Å². The maximum atomic E-state index is 4.71. The highest BCUT2D eigenvalue weighted by Gasteiger charge is 2.25. The van der Waals surface area contributed by atoms with Gasteiger partial charge < -0.3 is 0 Å². The molecule has 3 heterocycles. The zero-order valence-electron chi connectivity index (χ0n) is 13.1. The Bertz CT molecular complexity index is 601. The summed E-state index contributed by atoms with van der Waals surface area (Å²) in [5.74, 6) is 2.09. The number of aryl methyl sites for hydroxylation is 3. The summed E-state index contributed by atoms with van der Waals surface area (Å²) in [6.45, 7) is 7.59. The molecular formula is C16H24N4S. The van der Waals surface area contributed by atoms with E-state index in [0.717, 1.165) is 37.5 Å². The van der Waals surface area contributed by atoms with Crippen LogP contribution in [0, 0.1) is 0 Å². The summed E-state index contributed by atoms with van der Waals surface area (Å²) >= 11 is 1.92. The third-order valence-corrected chi connectivity index (χ3v) is 5.56. The minimum absolute atomic E-state index is 0.328. The van der Waals surface area contributed by atoms with Crippen molar-refractivity contribution >= 4 is 11.3 Å². The van der Waals surface area contributed by atoms with Gasteiger partial charge >= 0.3 is 0 Å². The molecule has 2 atom stereocenters. The van der Waals surface area contributed by atoms with E-state index in [0.29, 0.717) is 12.1 Å². The number of hydrogen-bond donors (Lipinski definition) is 1. The van der Waals surface area contributed by atoms with Gasteiger partial charge in [-0.15, -0.1) is 11.3 Å². The first-order valence-electron chi connectivity index (χ1n) is 7.99. The van der Waals surface area contributed by atoms with Crippen molar-refractivity contribution in [1.82, 2.24) is 20.1 Å². The molecule has 0 aliphatic carbocycles. The normalized spacial score (nSPS) is 19.5. The zero-order chi connectivity index (χ0) is 14.8. The van der Waals surface area contributed by atoms with Gasteiger partial charge in [-0.2, -0.15) is 5.10 Å². The van der Waals surface area contributed by atoms with E-state index in [1.165, 1.54) is 16.2 Å². The second-order valence-corrected chi connectivity index (χ2v) is 6.90. The third-order valence-electron chi connectivity index (χ3n) is 4.14. The Balaban J connectivity index is 1.75. The molecule has 21 heavy (non-hydrogen) atoms. The van der Waals surface area contributed by atoms with Crippen LogP contribution in [0.1, 0.15) is 67.1 Å². The van der Waals surface area contributed by atoms with Crippen LogP contribution in [-0.2, 0) is 19.4 Å². The van der Waals surface area contributed by atoms with E-state index >= 15 is 0 Å². The molecule has 1 aliphatic heterocycles. The number of rotatable bonds is 5. The summed E-state index contributed by atoms with van der Waals surface area (Å²) in [4.78, 5) is 7.58. The second kappa shape index (κ2) is 6.28. The molecule has 2 aromatic heterocycles. The highest BCUT2D eigenvalue weighted by Crippen LogP contribution is 2.29. The Kier molecular flexibility index (Phi) is 4.40. The molecule has 0 radical (unpaired) electrons. The number of nitrogens with zero attached hydrogens (tertiary/aromatic N) is 3. The third kappa shape index (κ3) is 3.04. The smallest absolute Gasteiger partial charge is 0.150 e. The van der Waals surface area contributed by atoms with Crippen molar-refractivity contribution in [2.45, 2.75) is 65.1 Å². The van der Waals surface area contributed by atoms with Crippen molar-refractivity contribution < 1.29 is 0 Å². The van der Waals surface area contributed by atoms with Crippen LogP contribution in [0.25, 0.3) is 0 Å². The summed E-state index contributed by atoms with van der Waals surface area (Å²) < 4.78 is 2.10. The van der Waals surface area contributed by atoms with Gasteiger partial charge in [0.05, 0.1) is 6.04 Å². The second-order valence-electron chi connectivity index (χ2n) is 5.70. The van der Waals surface area contributed by atoms with Crippen LogP contribution in [0.3, 0.4) is 0 Å². The maximum Gasteiger partial charge on any atom is 0.150 e. The molecule has 3 rings (SSSR count). The monoisotopic (exact) mass is 304 g/mol. The van der Waals surface area contributed by atoms with E-state index in [1.807, 2.05) is 11.3 Å². The number of hydrogen-bond acceptors (Lipinski definition) is 4. The molecule has 4 nitrogen and oxygen atoms in total. The lowest BCUT2D eigenvalue weighted by Crippen LogP contribution is -2.30. The van der Waals surface area contributed by atoms with Crippen LogP contribution in [-0.4, -0.2) is 14.8 Å². The van der Waals surface area contributed by atoms with E-state index in [9.17, 15) is 0 Å². The van der Waals surface area contributed by atoms with Gasteiger partial charge in [-0.3, -0.25) is 5.32 Å². The first kappa shape index (κ1) is 14.7. The molecule has 0 saturated carbocycles. The van der Waals surface area contributed by atoms with Gasteiger partial charge in [0.2, 0.25) is 0 Å². The Morgan fingerprint density at radius 1 is 1.38 bits per heavy atom. The minimum Gasteiger partial charge on any atom is -0.300 e. The van der Waals surface area contributed by atoms with Crippen molar-refractivity contribution in [2.24, 2.45) is 0 Å². The fourth-order valence-corrected chi connectivity index (χ4v) is 3.87. The van der Waals surface area contributed by atoms with Crippen molar-refractivity contribution in [1.29, 1.82) is 0 Å². The summed E-state index contributed by atoms with van der Waals surface area (Å²) in [7, 11) is 0. The van der Waals surface area contributed by atoms with Crippen LogP contribution in [0.5, 0.6) is 0 Å². The topological polar surface area (TPSA) is 42.7 Å². The lowest BCUT2D eigenvalue weighted by Gasteiger charge is -2.26. The number of nitrogens with one attached hydrogen (secondary N) is 1. The van der Waals surface area contributed by atoms with Gasteiger partial charge in [-0.1, -0.05) is 13.8 Å². The predicted molar refractivity (Wildman–Crippen MR) is 86.6 cm³/mol. The van der Waals surface area contributed by atoms with Crippen LogP contribution in [0.15, 0.2) is 12.1 Å². The molecule has 0 bridgehead atoms. The quantitative estimate of drug-likeness (QED) is 0.917. The Morgan fingerprint density at radius 3 is 2.95 bits per heavy atom. The highest BCUT2D eigenvalue weighted by atomic mass is 32.1. The first-order valence-corrected chi connectivity index (χ1v) is 8.81. The van der Waals surface area contributed by atoms with E-state index < -0.39 is 0 Å². The SMILES string of the molecule is CCc1nc2n(n1)CCC[C@H]2N[C@H](C)c1ccc(CC)s1. The summed E-state index contributed by atoms with van der Waals surface area (Å²) in [6.07, 6.45) is 4.36. The van der Waals surface area contributed by atoms with Gasteiger partial charge in [0.15, 0.2) is 5.82 Å². The van der Waals surface area contributed by atoms with Crippen molar-refractivity contribution in [3.05, 3.63) is 33.5 Å². The molecule has 0 spiro atoms. The first-order chi connectivity index (χ1) is 10.2. The summed E-state index contributed by atoms with van der Waals surface area (Å²) in [6, 6.07) is 5.20. The highest BCUT2D eigenvalue weighted by molar-refractivity contribution is 7.12. The number of aromatic nitrogens is 3. The largest absolute Gasteiger partial charge is 0.300 e. The van der Waals surface area contributed by atoms with Gasteiger partial charge in [0.1, 0.15) is 5.82 Å². The molecule has 1 aliphatic rings. The van der Waals surface area contributed by atoms with Crippen LogP contribution in [0.2, 0.25) is 0 Å². The number of thiophene rings is 1. The van der Waals surface area contributed by atoms with Crippen LogP contribution in [0.4, 0.5) is 0 Å². The van der Waals surface area contributed by atoms with Crippen LogP contribution < -0.4 is 5.32 Å². The molecule has 0 amide bonds. The molecule has 1 N–H and O–H groups in total. The standard InChI is InChI=1S/C16H24N4S/c1-4-12-8-9-14(21-12)11(3)17-13-7-6-10-20-16(13)18-15(5-2)19-20/h8-9,11,13,17H,4-7,10H2,1-3H3/t11-,13-/m1/s1. The van der Waals surface area contributed by atoms with Crippen molar-refractivity contribution in [3.8, 4) is 0 Å². The molecular weight excluding hydrogens is 280 g/mol. The summed E-state index contributed by atoms with van der Waals surface area (Å²) in [5.41, 5.74) is 0. The maximum absolute atomic E-state index is 4.71. The van der Waals surface area contributed by atoms with Crippen molar-refractivity contribution in [3.63, 3.8) is 0 Å². The Hall–Kier alpha value is -1.20. The fourth-order valence-electron chi connectivity index (χ4n) is 2.91. The molecule has 0 aromatic carbocycles. The van der Waals surface area contributed by atoms with Crippen molar-refractivity contribution in [2.75, 3.05) is 0 Å². The van der Waals surface area contributed by atoms with E-state index in [-0.39, 0.29) is 0 Å². The van der Waals surface area contributed by atoms with Gasteiger partial charge in [0, 0.05) is 28.8 Å². The zero-order valence-corrected chi connectivity index (χ0v) is 13.9. The summed E-state index contributed by atoms with van der Waals surface area (Å²) in [5, 5.41) is 8.34. The molecule has 0 saturated heterocycles.